The van der Waals surface area contributed by atoms with Crippen molar-refractivity contribution < 1.29 is 13.3 Å². The number of nitro benzene ring substituents is 1. The van der Waals surface area contributed by atoms with Gasteiger partial charge in [0, 0.05) is 29.4 Å². The first-order valence-electron chi connectivity index (χ1n) is 10.0. The molecule has 2 aromatic rings. The van der Waals surface area contributed by atoms with Crippen molar-refractivity contribution in [2.75, 3.05) is 4.90 Å². The summed E-state index contributed by atoms with van der Waals surface area (Å²) >= 11 is 0. The summed E-state index contributed by atoms with van der Waals surface area (Å²) in [6.07, 6.45) is 3.42. The average molecular weight is 452 g/mol. The van der Waals surface area contributed by atoms with Gasteiger partial charge < -0.3 is 10.6 Å². The van der Waals surface area contributed by atoms with Gasteiger partial charge in [0.2, 0.25) is 10.0 Å². The quantitative estimate of drug-likeness (QED) is 0.533. The third kappa shape index (κ3) is 3.72. The summed E-state index contributed by atoms with van der Waals surface area (Å²) in [5.74, 6) is -0.115. The second-order valence-electron chi connectivity index (χ2n) is 7.75. The Morgan fingerprint density at radius 3 is 2.25 bits per heavy atom. The van der Waals surface area contributed by atoms with E-state index >= 15 is 0 Å². The van der Waals surface area contributed by atoms with Gasteiger partial charge in [0.15, 0.2) is 0 Å². The second-order valence-corrected chi connectivity index (χ2v) is 9.31. The molecule has 0 amide bonds. The maximum absolute atomic E-state index is 11.6. The van der Waals surface area contributed by atoms with E-state index < -0.39 is 14.9 Å². The third-order valence-electron chi connectivity index (χ3n) is 5.89. The highest BCUT2D eigenvalue weighted by molar-refractivity contribution is 7.89. The zero-order chi connectivity index (χ0) is 23.0. The van der Waals surface area contributed by atoms with Crippen molar-refractivity contribution in [1.82, 2.24) is 0 Å². The highest BCUT2D eigenvalue weighted by atomic mass is 32.2. The van der Waals surface area contributed by atoms with Gasteiger partial charge >= 0.3 is 0 Å². The molecule has 0 aromatic heterocycles. The fourth-order valence-corrected chi connectivity index (χ4v) is 4.94. The molecule has 0 saturated heterocycles. The molecule has 1 heterocycles. The van der Waals surface area contributed by atoms with Crippen LogP contribution in [0.4, 0.5) is 11.4 Å². The van der Waals surface area contributed by atoms with Gasteiger partial charge in [-0.3, -0.25) is 10.1 Å². The summed E-state index contributed by atoms with van der Waals surface area (Å²) in [4.78, 5) is 12.4. The highest BCUT2D eigenvalue weighted by Crippen LogP contribution is 2.47. The fraction of sp³-hybridized carbons (Fsp3) is 0.227. The van der Waals surface area contributed by atoms with E-state index in [9.17, 15) is 23.8 Å². The number of nitriles is 1. The van der Waals surface area contributed by atoms with Gasteiger partial charge in [-0.15, -0.1) is 0 Å². The molecule has 2 aromatic carbocycles. The largest absolute Gasteiger partial charge is 0.384 e. The van der Waals surface area contributed by atoms with Gasteiger partial charge in [-0.05, 0) is 61.1 Å². The Morgan fingerprint density at radius 1 is 1.06 bits per heavy atom. The number of allylic oxidation sites excluding steroid dienone is 3. The first kappa shape index (κ1) is 21.5. The molecule has 0 fully saturated rings. The lowest BCUT2D eigenvalue weighted by atomic mass is 9.76. The van der Waals surface area contributed by atoms with Crippen LogP contribution in [-0.4, -0.2) is 13.3 Å². The molecule has 164 valence electrons. The van der Waals surface area contributed by atoms with Crippen LogP contribution in [0.1, 0.15) is 37.2 Å². The molecule has 9 nitrogen and oxygen atoms in total. The molecule has 0 bridgehead atoms. The highest BCUT2D eigenvalue weighted by Gasteiger charge is 2.36. The number of hydrogen-bond acceptors (Lipinski definition) is 7. The lowest BCUT2D eigenvalue weighted by Crippen LogP contribution is -2.36. The van der Waals surface area contributed by atoms with E-state index in [4.69, 9.17) is 10.9 Å². The maximum Gasteiger partial charge on any atom is 0.269 e. The molecule has 0 spiro atoms. The number of primary sulfonamides is 1. The second kappa shape index (κ2) is 8.11. The number of non-ortho nitro benzene ring substituents is 1. The number of nitro groups is 1. The summed E-state index contributed by atoms with van der Waals surface area (Å²) in [6.45, 7) is 0. The fourth-order valence-electron chi connectivity index (χ4n) is 4.43. The summed E-state index contributed by atoms with van der Waals surface area (Å²) in [5.41, 5.74) is 10.3. The number of rotatable bonds is 4. The van der Waals surface area contributed by atoms with Crippen LogP contribution in [0, 0.1) is 21.4 Å². The number of anilines is 1. The Morgan fingerprint density at radius 2 is 1.69 bits per heavy atom. The lowest BCUT2D eigenvalue weighted by molar-refractivity contribution is -0.384. The zero-order valence-electron chi connectivity index (χ0n) is 17.1. The van der Waals surface area contributed by atoms with Gasteiger partial charge in [0.25, 0.3) is 5.69 Å². The molecule has 2 aliphatic rings. The van der Waals surface area contributed by atoms with Crippen LogP contribution in [-0.2, 0) is 10.0 Å². The molecule has 1 unspecified atom stereocenters. The molecule has 4 rings (SSSR count). The van der Waals surface area contributed by atoms with Crippen molar-refractivity contribution in [3.05, 3.63) is 86.9 Å². The van der Waals surface area contributed by atoms with Crippen molar-refractivity contribution in [3.63, 3.8) is 0 Å². The van der Waals surface area contributed by atoms with Crippen molar-refractivity contribution in [2.24, 2.45) is 10.9 Å². The monoisotopic (exact) mass is 451 g/mol. The molecule has 4 N–H and O–H groups in total. The van der Waals surface area contributed by atoms with Crippen LogP contribution in [0.2, 0.25) is 0 Å². The Balaban J connectivity index is 1.84. The zero-order valence-corrected chi connectivity index (χ0v) is 17.9. The van der Waals surface area contributed by atoms with Crippen molar-refractivity contribution in [2.45, 2.75) is 36.5 Å². The third-order valence-corrected chi connectivity index (χ3v) is 6.81. The molecule has 1 atom stereocenters. The van der Waals surface area contributed by atoms with E-state index in [1.807, 2.05) is 4.90 Å². The van der Waals surface area contributed by atoms with Gasteiger partial charge in [-0.2, -0.15) is 5.26 Å². The van der Waals surface area contributed by atoms with E-state index in [1.165, 1.54) is 24.3 Å². The topological polar surface area (TPSA) is 156 Å². The Hall–Kier alpha value is -3.68. The van der Waals surface area contributed by atoms with Gasteiger partial charge in [-0.25, -0.2) is 13.6 Å². The van der Waals surface area contributed by atoms with Gasteiger partial charge in [0.1, 0.15) is 5.82 Å². The van der Waals surface area contributed by atoms with Crippen molar-refractivity contribution in [1.29, 1.82) is 5.26 Å². The standard InChI is InChI=1S/C22H21N5O4S/c23-13-19-21(14-5-7-16(8-6-14)27(28)29)18-3-1-2-4-20(18)26(22(19)24)15-9-11-17(12-10-15)32(25,30)31/h5-12,21H,1-4,24H2,(H2,25,30,31). The Bertz CT molecular complexity index is 1290. The van der Waals surface area contributed by atoms with Crippen LogP contribution in [0.5, 0.6) is 0 Å². The van der Waals surface area contributed by atoms with Crippen molar-refractivity contribution in [3.8, 4) is 6.07 Å². The molecule has 32 heavy (non-hydrogen) atoms. The first-order chi connectivity index (χ1) is 15.2. The SMILES string of the molecule is N#CC1=C(N)N(c2ccc(S(N)(=O)=O)cc2)C2=C(CCCC2)C1c1ccc([N+](=O)[O-])cc1. The molecular formula is C22H21N5O4S. The van der Waals surface area contributed by atoms with Crippen molar-refractivity contribution >= 4 is 21.4 Å². The predicted molar refractivity (Wildman–Crippen MR) is 118 cm³/mol. The van der Waals surface area contributed by atoms with E-state index in [0.29, 0.717) is 11.3 Å². The minimum Gasteiger partial charge on any atom is -0.384 e. The van der Waals surface area contributed by atoms with E-state index in [-0.39, 0.29) is 22.3 Å². The van der Waals surface area contributed by atoms with Crippen LogP contribution in [0.25, 0.3) is 0 Å². The summed E-state index contributed by atoms with van der Waals surface area (Å²) < 4.78 is 23.2. The average Bonchev–Trinajstić information content (AvgIpc) is 2.78. The summed E-state index contributed by atoms with van der Waals surface area (Å²) in [7, 11) is -3.83. The predicted octanol–water partition coefficient (Wildman–Crippen LogP) is 3.37. The number of nitrogens with zero attached hydrogens (tertiary/aromatic N) is 3. The number of nitrogens with two attached hydrogens (primary N) is 2. The summed E-state index contributed by atoms with van der Waals surface area (Å²) in [6, 6.07) is 14.5. The van der Waals surface area contributed by atoms with Crippen LogP contribution < -0.4 is 15.8 Å². The molecule has 1 aliphatic heterocycles. The van der Waals surface area contributed by atoms with E-state index in [2.05, 4.69) is 6.07 Å². The molecular weight excluding hydrogens is 430 g/mol. The minimum absolute atomic E-state index is 0.0112. The molecule has 0 saturated carbocycles. The number of hydrogen-bond donors (Lipinski definition) is 2. The molecule has 0 radical (unpaired) electrons. The maximum atomic E-state index is 11.6. The Labute approximate surface area is 185 Å². The first-order valence-corrected chi connectivity index (χ1v) is 11.6. The summed E-state index contributed by atoms with van der Waals surface area (Å²) in [5, 5.41) is 26.2. The number of sulfonamides is 1. The van der Waals surface area contributed by atoms with Gasteiger partial charge in [0.05, 0.1) is 21.5 Å². The number of benzene rings is 2. The minimum atomic E-state index is -3.83. The Kier molecular flexibility index (Phi) is 5.46. The van der Waals surface area contributed by atoms with E-state index in [1.54, 1.807) is 24.3 Å². The smallest absolute Gasteiger partial charge is 0.269 e. The van der Waals surface area contributed by atoms with Gasteiger partial charge in [-0.1, -0.05) is 12.1 Å². The molecule has 10 heteroatoms. The normalized spacial score (nSPS) is 18.9. The van der Waals surface area contributed by atoms with E-state index in [0.717, 1.165) is 42.5 Å². The lowest BCUT2D eigenvalue weighted by Gasteiger charge is -2.40. The molecule has 1 aliphatic carbocycles. The van der Waals surface area contributed by atoms with Crippen LogP contribution in [0.3, 0.4) is 0 Å². The van der Waals surface area contributed by atoms with Crippen LogP contribution in [0.15, 0.2) is 76.1 Å². The van der Waals surface area contributed by atoms with Crippen LogP contribution >= 0.6 is 0 Å².